The highest BCUT2D eigenvalue weighted by Crippen LogP contribution is 2.10. The molecular formula is C14H24N2OS. The second-order valence-corrected chi connectivity index (χ2v) is 5.65. The molecule has 1 amide bonds. The second kappa shape index (κ2) is 9.11. The monoisotopic (exact) mass is 268 g/mol. The Morgan fingerprint density at radius 3 is 2.78 bits per heavy atom. The molecule has 0 fully saturated rings. The quantitative estimate of drug-likeness (QED) is 0.641. The Kier molecular flexibility index (Phi) is 7.69. The molecule has 0 saturated heterocycles. The van der Waals surface area contributed by atoms with Crippen molar-refractivity contribution in [3.63, 3.8) is 0 Å². The van der Waals surface area contributed by atoms with E-state index in [0.29, 0.717) is 0 Å². The summed E-state index contributed by atoms with van der Waals surface area (Å²) in [5.41, 5.74) is 5.42. The van der Waals surface area contributed by atoms with Crippen LogP contribution in [-0.4, -0.2) is 11.9 Å². The number of primary amides is 1. The molecule has 0 spiro atoms. The van der Waals surface area contributed by atoms with Gasteiger partial charge in [0, 0.05) is 11.4 Å². The summed E-state index contributed by atoms with van der Waals surface area (Å²) in [6.07, 6.45) is 6.90. The highest BCUT2D eigenvalue weighted by molar-refractivity contribution is 7.09. The Morgan fingerprint density at radius 1 is 1.39 bits per heavy atom. The first-order valence-electron chi connectivity index (χ1n) is 6.79. The van der Waals surface area contributed by atoms with Gasteiger partial charge in [-0.1, -0.05) is 45.1 Å². The van der Waals surface area contributed by atoms with E-state index in [-0.39, 0.29) is 11.9 Å². The standard InChI is InChI=1S/C14H24N2OS/c1-2-3-4-5-6-9-13(14(15)17)16-11-12-8-7-10-18-12/h7-8,10,13,16H,2-6,9,11H2,1H3,(H2,15,17). The lowest BCUT2D eigenvalue weighted by atomic mass is 10.1. The van der Waals surface area contributed by atoms with Crippen LogP contribution in [-0.2, 0) is 11.3 Å². The van der Waals surface area contributed by atoms with Crippen LogP contribution in [0.5, 0.6) is 0 Å². The van der Waals surface area contributed by atoms with Gasteiger partial charge in [0.25, 0.3) is 0 Å². The number of hydrogen-bond acceptors (Lipinski definition) is 3. The first kappa shape index (κ1) is 15.2. The maximum absolute atomic E-state index is 11.3. The van der Waals surface area contributed by atoms with Crippen molar-refractivity contribution in [3.8, 4) is 0 Å². The first-order valence-corrected chi connectivity index (χ1v) is 7.67. The van der Waals surface area contributed by atoms with Crippen molar-refractivity contribution in [2.45, 2.75) is 58.0 Å². The van der Waals surface area contributed by atoms with E-state index in [2.05, 4.69) is 18.3 Å². The molecule has 1 aromatic rings. The van der Waals surface area contributed by atoms with E-state index in [1.165, 1.54) is 30.6 Å². The van der Waals surface area contributed by atoms with Gasteiger partial charge < -0.3 is 11.1 Å². The van der Waals surface area contributed by atoms with Crippen molar-refractivity contribution in [1.29, 1.82) is 0 Å². The molecule has 0 radical (unpaired) electrons. The molecule has 0 aliphatic heterocycles. The van der Waals surface area contributed by atoms with Gasteiger partial charge in [-0.15, -0.1) is 11.3 Å². The Morgan fingerprint density at radius 2 is 2.17 bits per heavy atom. The summed E-state index contributed by atoms with van der Waals surface area (Å²) in [6.45, 7) is 2.94. The fraction of sp³-hybridized carbons (Fsp3) is 0.643. The van der Waals surface area contributed by atoms with Crippen molar-refractivity contribution < 1.29 is 4.79 Å². The van der Waals surface area contributed by atoms with Crippen LogP contribution < -0.4 is 11.1 Å². The SMILES string of the molecule is CCCCCCCC(NCc1cccs1)C(N)=O. The minimum Gasteiger partial charge on any atom is -0.368 e. The second-order valence-electron chi connectivity index (χ2n) is 4.62. The largest absolute Gasteiger partial charge is 0.368 e. The highest BCUT2D eigenvalue weighted by Gasteiger charge is 2.13. The van der Waals surface area contributed by atoms with E-state index < -0.39 is 0 Å². The van der Waals surface area contributed by atoms with Gasteiger partial charge in [-0.2, -0.15) is 0 Å². The Balaban J connectivity index is 2.20. The van der Waals surface area contributed by atoms with Crippen molar-refractivity contribution in [1.82, 2.24) is 5.32 Å². The number of unbranched alkanes of at least 4 members (excludes halogenated alkanes) is 4. The number of amides is 1. The Hall–Kier alpha value is -0.870. The van der Waals surface area contributed by atoms with E-state index in [1.807, 2.05) is 11.4 Å². The predicted octanol–water partition coefficient (Wildman–Crippen LogP) is 3.05. The zero-order chi connectivity index (χ0) is 13.2. The number of hydrogen-bond donors (Lipinski definition) is 2. The van der Waals surface area contributed by atoms with E-state index in [0.717, 1.165) is 19.4 Å². The molecule has 0 aromatic carbocycles. The summed E-state index contributed by atoms with van der Waals surface area (Å²) in [4.78, 5) is 12.6. The fourth-order valence-corrected chi connectivity index (χ4v) is 2.59. The number of carbonyl (C=O) groups is 1. The molecular weight excluding hydrogens is 244 g/mol. The molecule has 0 aliphatic carbocycles. The average molecular weight is 268 g/mol. The van der Waals surface area contributed by atoms with Crippen LogP contribution in [0.4, 0.5) is 0 Å². The van der Waals surface area contributed by atoms with Crippen LogP contribution in [0.25, 0.3) is 0 Å². The van der Waals surface area contributed by atoms with Crippen LogP contribution in [0.1, 0.15) is 50.3 Å². The summed E-state index contributed by atoms with van der Waals surface area (Å²) in [6, 6.07) is 3.90. The molecule has 1 unspecified atom stereocenters. The van der Waals surface area contributed by atoms with E-state index in [9.17, 15) is 4.79 Å². The zero-order valence-electron chi connectivity index (χ0n) is 11.2. The Labute approximate surface area is 114 Å². The smallest absolute Gasteiger partial charge is 0.234 e. The number of nitrogens with two attached hydrogens (primary N) is 1. The van der Waals surface area contributed by atoms with Crippen molar-refractivity contribution >= 4 is 17.2 Å². The van der Waals surface area contributed by atoms with E-state index in [1.54, 1.807) is 11.3 Å². The molecule has 1 aromatic heterocycles. The summed E-state index contributed by atoms with van der Waals surface area (Å²) < 4.78 is 0. The number of rotatable bonds is 10. The van der Waals surface area contributed by atoms with Crippen molar-refractivity contribution in [3.05, 3.63) is 22.4 Å². The van der Waals surface area contributed by atoms with Crippen LogP contribution in [0.15, 0.2) is 17.5 Å². The molecule has 1 atom stereocenters. The van der Waals surface area contributed by atoms with Gasteiger partial charge in [-0.25, -0.2) is 0 Å². The van der Waals surface area contributed by atoms with Crippen molar-refractivity contribution in [2.75, 3.05) is 0 Å². The minimum absolute atomic E-state index is 0.186. The van der Waals surface area contributed by atoms with E-state index in [4.69, 9.17) is 5.73 Å². The fourth-order valence-electron chi connectivity index (χ4n) is 1.93. The third-order valence-electron chi connectivity index (χ3n) is 3.04. The maximum atomic E-state index is 11.3. The third kappa shape index (κ3) is 6.17. The summed E-state index contributed by atoms with van der Waals surface area (Å²) in [5, 5.41) is 5.29. The molecule has 0 saturated carbocycles. The summed E-state index contributed by atoms with van der Waals surface area (Å²) in [5.74, 6) is -0.234. The normalized spacial score (nSPS) is 12.5. The van der Waals surface area contributed by atoms with Crippen LogP contribution in [0.2, 0.25) is 0 Å². The minimum atomic E-state index is -0.234. The van der Waals surface area contributed by atoms with Gasteiger partial charge in [0.2, 0.25) is 5.91 Å². The van der Waals surface area contributed by atoms with Gasteiger partial charge in [0.05, 0.1) is 6.04 Å². The number of carbonyl (C=O) groups excluding carboxylic acids is 1. The molecule has 1 rings (SSSR count). The number of nitrogens with one attached hydrogen (secondary N) is 1. The van der Waals surface area contributed by atoms with Crippen LogP contribution in [0.3, 0.4) is 0 Å². The molecule has 3 N–H and O–H groups in total. The van der Waals surface area contributed by atoms with Crippen LogP contribution in [0, 0.1) is 0 Å². The molecule has 0 aliphatic rings. The molecule has 0 bridgehead atoms. The lowest BCUT2D eigenvalue weighted by molar-refractivity contribution is -0.120. The molecule has 18 heavy (non-hydrogen) atoms. The van der Waals surface area contributed by atoms with Gasteiger partial charge in [-0.05, 0) is 17.9 Å². The molecule has 4 heteroatoms. The van der Waals surface area contributed by atoms with Gasteiger partial charge in [0.15, 0.2) is 0 Å². The van der Waals surface area contributed by atoms with Crippen LogP contribution >= 0.6 is 11.3 Å². The van der Waals surface area contributed by atoms with Gasteiger partial charge in [0.1, 0.15) is 0 Å². The average Bonchev–Trinajstić information content (AvgIpc) is 2.85. The lowest BCUT2D eigenvalue weighted by Crippen LogP contribution is -2.40. The summed E-state index contributed by atoms with van der Waals surface area (Å²) in [7, 11) is 0. The topological polar surface area (TPSA) is 55.1 Å². The lowest BCUT2D eigenvalue weighted by Gasteiger charge is -2.14. The third-order valence-corrected chi connectivity index (χ3v) is 3.92. The predicted molar refractivity (Wildman–Crippen MR) is 77.5 cm³/mol. The number of thiophene rings is 1. The van der Waals surface area contributed by atoms with E-state index >= 15 is 0 Å². The first-order chi connectivity index (χ1) is 8.74. The molecule has 3 nitrogen and oxygen atoms in total. The maximum Gasteiger partial charge on any atom is 0.234 e. The highest BCUT2D eigenvalue weighted by atomic mass is 32.1. The molecule has 102 valence electrons. The van der Waals surface area contributed by atoms with Gasteiger partial charge in [-0.3, -0.25) is 4.79 Å². The summed E-state index contributed by atoms with van der Waals surface area (Å²) >= 11 is 1.70. The Bertz CT molecular complexity index is 325. The zero-order valence-corrected chi connectivity index (χ0v) is 12.0. The van der Waals surface area contributed by atoms with Gasteiger partial charge >= 0.3 is 0 Å². The molecule has 1 heterocycles. The van der Waals surface area contributed by atoms with Crippen molar-refractivity contribution in [2.24, 2.45) is 5.73 Å².